The highest BCUT2D eigenvalue weighted by Crippen LogP contribution is 2.51. The summed E-state index contributed by atoms with van der Waals surface area (Å²) in [5, 5.41) is 0. The van der Waals surface area contributed by atoms with Gasteiger partial charge in [0, 0.05) is 0 Å². The molecule has 6 atom stereocenters. The van der Waals surface area contributed by atoms with Crippen LogP contribution in [0, 0.1) is 11.8 Å². The second kappa shape index (κ2) is 13.7. The molecule has 0 bridgehead atoms. The number of rotatable bonds is 12. The molecular formula is C28H42P2. The summed E-state index contributed by atoms with van der Waals surface area (Å²) in [6.45, 7) is 4.67. The molecule has 1 saturated carbocycles. The number of benzene rings is 2. The van der Waals surface area contributed by atoms with Gasteiger partial charge in [0.1, 0.15) is 0 Å². The minimum absolute atomic E-state index is 0.765. The molecule has 0 spiro atoms. The summed E-state index contributed by atoms with van der Waals surface area (Å²) in [7, 11) is 2.29. The minimum atomic E-state index is 0.765. The third-order valence-electron chi connectivity index (χ3n) is 7.00. The average Bonchev–Trinajstić information content (AvgIpc) is 2.81. The summed E-state index contributed by atoms with van der Waals surface area (Å²) in [5.41, 5.74) is 3.22. The quantitative estimate of drug-likeness (QED) is 0.229. The van der Waals surface area contributed by atoms with Gasteiger partial charge in [0.15, 0.2) is 0 Å². The Kier molecular flexibility index (Phi) is 10.9. The largest absolute Gasteiger partial charge is 0.122 e. The van der Waals surface area contributed by atoms with E-state index >= 15 is 0 Å². The Hall–Kier alpha value is -0.700. The van der Waals surface area contributed by atoms with Crippen LogP contribution in [0.5, 0.6) is 0 Å². The van der Waals surface area contributed by atoms with Crippen molar-refractivity contribution in [2.75, 3.05) is 24.6 Å². The van der Waals surface area contributed by atoms with E-state index in [4.69, 9.17) is 0 Å². The number of hydrogen-bond acceptors (Lipinski definition) is 0. The van der Waals surface area contributed by atoms with Gasteiger partial charge >= 0.3 is 0 Å². The lowest BCUT2D eigenvalue weighted by molar-refractivity contribution is 0.212. The van der Waals surface area contributed by atoms with E-state index in [1.54, 1.807) is 11.1 Å². The first-order chi connectivity index (χ1) is 14.8. The van der Waals surface area contributed by atoms with E-state index in [0.717, 1.165) is 40.8 Å². The van der Waals surface area contributed by atoms with Crippen molar-refractivity contribution in [2.45, 2.75) is 64.2 Å². The summed E-state index contributed by atoms with van der Waals surface area (Å²) in [6.07, 6.45) is 14.0. The molecule has 0 aliphatic heterocycles. The Morgan fingerprint density at radius 1 is 0.633 bits per heavy atom. The SMILES string of the molecule is CCCCPC[C@@H]1C(c2ccccc2)CCC(c2ccccc2)[C@@H]1CPCCCC. The van der Waals surface area contributed by atoms with Gasteiger partial charge in [0.05, 0.1) is 0 Å². The van der Waals surface area contributed by atoms with Crippen molar-refractivity contribution in [3.63, 3.8) is 0 Å². The van der Waals surface area contributed by atoms with Crippen LogP contribution in [-0.4, -0.2) is 24.6 Å². The first-order valence-corrected chi connectivity index (χ1v) is 15.2. The molecule has 2 aromatic carbocycles. The van der Waals surface area contributed by atoms with E-state index < -0.39 is 0 Å². The van der Waals surface area contributed by atoms with E-state index in [9.17, 15) is 0 Å². The maximum atomic E-state index is 2.41. The fraction of sp³-hybridized carbons (Fsp3) is 0.571. The molecular weight excluding hydrogens is 398 g/mol. The molecule has 164 valence electrons. The fourth-order valence-corrected chi connectivity index (χ4v) is 8.80. The molecule has 4 unspecified atom stereocenters. The van der Waals surface area contributed by atoms with Crippen molar-refractivity contribution in [1.29, 1.82) is 0 Å². The Morgan fingerprint density at radius 3 is 1.40 bits per heavy atom. The standard InChI is InChI=1S/C28H42P2/c1-3-5-19-29-21-27-25(23-13-9-7-10-14-23)17-18-26(24-15-11-8-12-16-24)28(27)22-30-20-6-4-2/h7-16,25-30H,3-6,17-22H2,1-2H3/t25?,26?,27-,28+. The van der Waals surface area contributed by atoms with Crippen LogP contribution >= 0.6 is 17.2 Å². The van der Waals surface area contributed by atoms with Crippen molar-refractivity contribution >= 4 is 17.2 Å². The maximum Gasteiger partial charge on any atom is -0.0127 e. The van der Waals surface area contributed by atoms with Crippen LogP contribution in [0.2, 0.25) is 0 Å². The molecule has 0 heterocycles. The van der Waals surface area contributed by atoms with Gasteiger partial charge in [-0.2, -0.15) is 0 Å². The molecule has 1 fully saturated rings. The predicted octanol–water partition coefficient (Wildman–Crippen LogP) is 8.54. The molecule has 3 rings (SSSR count). The third kappa shape index (κ3) is 6.90. The van der Waals surface area contributed by atoms with Crippen LogP contribution in [0.3, 0.4) is 0 Å². The summed E-state index contributed by atoms with van der Waals surface area (Å²) in [6, 6.07) is 23.0. The highest BCUT2D eigenvalue weighted by molar-refractivity contribution is 7.38. The first-order valence-electron chi connectivity index (χ1n) is 12.4. The van der Waals surface area contributed by atoms with Crippen molar-refractivity contribution in [3.05, 3.63) is 71.8 Å². The number of hydrogen-bond donors (Lipinski definition) is 0. The van der Waals surface area contributed by atoms with E-state index in [-0.39, 0.29) is 0 Å². The van der Waals surface area contributed by atoms with Gasteiger partial charge in [-0.1, -0.05) is 87.4 Å². The predicted molar refractivity (Wildman–Crippen MR) is 140 cm³/mol. The zero-order valence-electron chi connectivity index (χ0n) is 19.2. The van der Waals surface area contributed by atoms with Gasteiger partial charge in [-0.25, -0.2) is 0 Å². The van der Waals surface area contributed by atoms with Crippen LogP contribution < -0.4 is 0 Å². The van der Waals surface area contributed by atoms with E-state index in [1.165, 1.54) is 63.2 Å². The zero-order chi connectivity index (χ0) is 21.0. The number of unbranched alkanes of at least 4 members (excludes halogenated alkanes) is 2. The van der Waals surface area contributed by atoms with Gasteiger partial charge in [0.2, 0.25) is 0 Å². The lowest BCUT2D eigenvalue weighted by Gasteiger charge is -2.44. The molecule has 0 amide bonds. The second-order valence-corrected chi connectivity index (χ2v) is 11.9. The van der Waals surface area contributed by atoms with Gasteiger partial charge in [-0.05, 0) is 85.1 Å². The molecule has 0 aromatic heterocycles. The first kappa shape index (κ1) is 24.0. The average molecular weight is 441 g/mol. The highest BCUT2D eigenvalue weighted by Gasteiger charge is 2.39. The molecule has 2 heteroatoms. The van der Waals surface area contributed by atoms with Crippen LogP contribution in [0.15, 0.2) is 60.7 Å². The second-order valence-electron chi connectivity index (χ2n) is 9.05. The highest BCUT2D eigenvalue weighted by atomic mass is 31.1. The molecule has 0 radical (unpaired) electrons. The minimum Gasteiger partial charge on any atom is -0.122 e. The summed E-state index contributed by atoms with van der Waals surface area (Å²) < 4.78 is 0. The Balaban J connectivity index is 1.83. The lowest BCUT2D eigenvalue weighted by Crippen LogP contribution is -2.35. The van der Waals surface area contributed by atoms with Crippen LogP contribution in [0.4, 0.5) is 0 Å². The summed E-state index contributed by atoms with van der Waals surface area (Å²) in [4.78, 5) is 0. The molecule has 0 nitrogen and oxygen atoms in total. The van der Waals surface area contributed by atoms with Crippen LogP contribution in [-0.2, 0) is 0 Å². The van der Waals surface area contributed by atoms with Gasteiger partial charge in [-0.15, -0.1) is 17.2 Å². The topological polar surface area (TPSA) is 0 Å². The van der Waals surface area contributed by atoms with E-state index in [2.05, 4.69) is 74.5 Å². The zero-order valence-corrected chi connectivity index (χ0v) is 21.2. The van der Waals surface area contributed by atoms with Crippen LogP contribution in [0.1, 0.15) is 75.3 Å². The normalized spacial score (nSPS) is 24.9. The Bertz CT molecular complexity index is 623. The van der Waals surface area contributed by atoms with Crippen molar-refractivity contribution < 1.29 is 0 Å². The van der Waals surface area contributed by atoms with E-state index in [0.29, 0.717) is 0 Å². The molecule has 1 aliphatic rings. The molecule has 0 N–H and O–H groups in total. The Labute approximate surface area is 189 Å². The molecule has 1 aliphatic carbocycles. The maximum absolute atomic E-state index is 2.41. The smallest absolute Gasteiger partial charge is 0.0127 e. The monoisotopic (exact) mass is 440 g/mol. The fourth-order valence-electron chi connectivity index (χ4n) is 5.34. The summed E-state index contributed by atoms with van der Waals surface area (Å²) >= 11 is 0. The molecule has 30 heavy (non-hydrogen) atoms. The van der Waals surface area contributed by atoms with E-state index in [1.807, 2.05) is 0 Å². The summed E-state index contributed by atoms with van der Waals surface area (Å²) in [5.74, 6) is 3.24. The van der Waals surface area contributed by atoms with Crippen molar-refractivity contribution in [2.24, 2.45) is 11.8 Å². The van der Waals surface area contributed by atoms with Crippen LogP contribution in [0.25, 0.3) is 0 Å². The van der Waals surface area contributed by atoms with Gasteiger partial charge in [-0.3, -0.25) is 0 Å². The Morgan fingerprint density at radius 2 is 1.03 bits per heavy atom. The van der Waals surface area contributed by atoms with Gasteiger partial charge < -0.3 is 0 Å². The lowest BCUT2D eigenvalue weighted by atomic mass is 9.64. The van der Waals surface area contributed by atoms with Crippen molar-refractivity contribution in [1.82, 2.24) is 0 Å². The van der Waals surface area contributed by atoms with Crippen molar-refractivity contribution in [3.8, 4) is 0 Å². The molecule has 2 aromatic rings. The third-order valence-corrected chi connectivity index (χ3v) is 9.94. The van der Waals surface area contributed by atoms with Gasteiger partial charge in [0.25, 0.3) is 0 Å². The molecule has 0 saturated heterocycles.